The van der Waals surface area contributed by atoms with Gasteiger partial charge in [0.15, 0.2) is 6.61 Å². The second-order valence-electron chi connectivity index (χ2n) is 5.02. The number of ether oxygens (including phenoxy) is 2. The fourth-order valence-electron chi connectivity index (χ4n) is 2.05. The van der Waals surface area contributed by atoms with Crippen molar-refractivity contribution in [2.24, 2.45) is 0 Å². The lowest BCUT2D eigenvalue weighted by Crippen LogP contribution is -2.33. The number of esters is 1. The van der Waals surface area contributed by atoms with Gasteiger partial charge in [-0.3, -0.25) is 9.59 Å². The Labute approximate surface area is 139 Å². The molecule has 0 fully saturated rings. The molecule has 1 heterocycles. The number of methoxy groups -OCH3 is 1. The van der Waals surface area contributed by atoms with E-state index in [0.717, 1.165) is 10.4 Å². The Hall–Kier alpha value is -2.34. The zero-order valence-electron chi connectivity index (χ0n) is 13.1. The van der Waals surface area contributed by atoms with Crippen LogP contribution in [0.15, 0.2) is 41.8 Å². The molecule has 0 saturated heterocycles. The Morgan fingerprint density at radius 3 is 2.74 bits per heavy atom. The van der Waals surface area contributed by atoms with Gasteiger partial charge in [-0.2, -0.15) is 0 Å². The predicted octanol–water partition coefficient (Wildman–Crippen LogP) is 2.86. The first-order valence-corrected chi connectivity index (χ1v) is 8.05. The first kappa shape index (κ1) is 17.0. The molecule has 1 N–H and O–H groups in total. The third-order valence-electron chi connectivity index (χ3n) is 3.18. The molecule has 2 aromatic rings. The van der Waals surface area contributed by atoms with Gasteiger partial charge in [-0.05, 0) is 36.1 Å². The third-order valence-corrected chi connectivity index (χ3v) is 4.17. The van der Waals surface area contributed by atoms with Crippen LogP contribution in [0.4, 0.5) is 0 Å². The average Bonchev–Trinajstić information content (AvgIpc) is 3.06. The summed E-state index contributed by atoms with van der Waals surface area (Å²) in [6, 6.07) is 10.8. The molecule has 1 atom stereocenters. The average molecular weight is 333 g/mol. The predicted molar refractivity (Wildman–Crippen MR) is 88.5 cm³/mol. The lowest BCUT2D eigenvalue weighted by Gasteiger charge is -2.16. The summed E-state index contributed by atoms with van der Waals surface area (Å²) in [7, 11) is 1.33. The largest absolute Gasteiger partial charge is 0.484 e. The van der Waals surface area contributed by atoms with E-state index < -0.39 is 6.04 Å². The first-order chi connectivity index (χ1) is 11.1. The molecule has 1 amide bonds. The van der Waals surface area contributed by atoms with Crippen molar-refractivity contribution in [2.75, 3.05) is 13.7 Å². The molecule has 0 bridgehead atoms. The van der Waals surface area contributed by atoms with E-state index in [1.807, 2.05) is 42.6 Å². The van der Waals surface area contributed by atoms with Crippen LogP contribution in [0.3, 0.4) is 0 Å². The van der Waals surface area contributed by atoms with Gasteiger partial charge in [0.1, 0.15) is 5.75 Å². The van der Waals surface area contributed by atoms with Crippen molar-refractivity contribution in [1.29, 1.82) is 0 Å². The Morgan fingerprint density at radius 2 is 2.09 bits per heavy atom. The zero-order chi connectivity index (χ0) is 16.7. The minimum Gasteiger partial charge on any atom is -0.484 e. The number of nitrogens with one attached hydrogen (secondary N) is 1. The SMILES string of the molecule is COC(=O)C[C@H](NC(=O)COc1cccc(C)c1)c1cccs1. The normalized spacial score (nSPS) is 11.6. The van der Waals surface area contributed by atoms with Crippen molar-refractivity contribution in [3.8, 4) is 5.75 Å². The van der Waals surface area contributed by atoms with Gasteiger partial charge in [-0.15, -0.1) is 11.3 Å². The molecule has 1 aromatic heterocycles. The highest BCUT2D eigenvalue weighted by molar-refractivity contribution is 7.10. The van der Waals surface area contributed by atoms with Crippen LogP contribution in [0.1, 0.15) is 22.9 Å². The fourth-order valence-corrected chi connectivity index (χ4v) is 2.83. The fraction of sp³-hybridized carbons (Fsp3) is 0.294. The monoisotopic (exact) mass is 333 g/mol. The van der Waals surface area contributed by atoms with Gasteiger partial charge < -0.3 is 14.8 Å². The zero-order valence-corrected chi connectivity index (χ0v) is 13.9. The molecule has 2 rings (SSSR count). The molecule has 5 nitrogen and oxygen atoms in total. The van der Waals surface area contributed by atoms with E-state index in [0.29, 0.717) is 5.75 Å². The van der Waals surface area contributed by atoms with Crippen LogP contribution in [0.2, 0.25) is 0 Å². The van der Waals surface area contributed by atoms with Crippen LogP contribution in [0.5, 0.6) is 5.75 Å². The maximum absolute atomic E-state index is 12.1. The van der Waals surface area contributed by atoms with Gasteiger partial charge in [-0.25, -0.2) is 0 Å². The summed E-state index contributed by atoms with van der Waals surface area (Å²) in [5.41, 5.74) is 1.06. The van der Waals surface area contributed by atoms with Crippen molar-refractivity contribution in [1.82, 2.24) is 5.32 Å². The topological polar surface area (TPSA) is 64.6 Å². The second-order valence-corrected chi connectivity index (χ2v) is 6.00. The number of benzene rings is 1. The minimum atomic E-state index is -0.406. The Kier molecular flexibility index (Phi) is 6.17. The summed E-state index contributed by atoms with van der Waals surface area (Å²) in [5, 5.41) is 4.71. The molecule has 0 aliphatic rings. The molecule has 0 aliphatic carbocycles. The number of aryl methyl sites for hydroxylation is 1. The maximum atomic E-state index is 12.1. The van der Waals surface area contributed by atoms with Gasteiger partial charge in [0.2, 0.25) is 0 Å². The summed E-state index contributed by atoms with van der Waals surface area (Å²) in [5.74, 6) is -0.0158. The molecule has 1 aromatic carbocycles. The second kappa shape index (κ2) is 8.33. The molecule has 0 spiro atoms. The maximum Gasteiger partial charge on any atom is 0.307 e. The van der Waals surface area contributed by atoms with E-state index in [-0.39, 0.29) is 24.9 Å². The van der Waals surface area contributed by atoms with E-state index in [1.54, 1.807) is 6.07 Å². The van der Waals surface area contributed by atoms with Gasteiger partial charge in [0, 0.05) is 4.88 Å². The highest BCUT2D eigenvalue weighted by Crippen LogP contribution is 2.22. The smallest absolute Gasteiger partial charge is 0.307 e. The Morgan fingerprint density at radius 1 is 1.26 bits per heavy atom. The number of hydrogen-bond acceptors (Lipinski definition) is 5. The number of amides is 1. The summed E-state index contributed by atoms with van der Waals surface area (Å²) in [6.45, 7) is 1.85. The molecule has 0 radical (unpaired) electrons. The van der Waals surface area contributed by atoms with Gasteiger partial charge in [0.25, 0.3) is 5.91 Å². The van der Waals surface area contributed by atoms with Crippen LogP contribution in [-0.2, 0) is 14.3 Å². The number of carbonyl (C=O) groups is 2. The quantitative estimate of drug-likeness (QED) is 0.791. The molecule has 23 heavy (non-hydrogen) atoms. The van der Waals surface area contributed by atoms with Crippen molar-refractivity contribution in [2.45, 2.75) is 19.4 Å². The highest BCUT2D eigenvalue weighted by Gasteiger charge is 2.20. The molecule has 122 valence electrons. The van der Waals surface area contributed by atoms with Crippen LogP contribution in [0.25, 0.3) is 0 Å². The van der Waals surface area contributed by atoms with Crippen molar-refractivity contribution in [3.05, 3.63) is 52.2 Å². The molecular formula is C17H19NO4S. The van der Waals surface area contributed by atoms with Crippen LogP contribution >= 0.6 is 11.3 Å². The van der Waals surface area contributed by atoms with Crippen molar-refractivity contribution < 1.29 is 19.1 Å². The van der Waals surface area contributed by atoms with Gasteiger partial charge in [0.05, 0.1) is 19.6 Å². The van der Waals surface area contributed by atoms with Gasteiger partial charge >= 0.3 is 5.97 Å². The Balaban J connectivity index is 1.93. The van der Waals surface area contributed by atoms with Gasteiger partial charge in [-0.1, -0.05) is 18.2 Å². The summed E-state index contributed by atoms with van der Waals surface area (Å²) in [6.07, 6.45) is 0.0905. The van der Waals surface area contributed by atoms with E-state index in [2.05, 4.69) is 10.1 Å². The molecule has 0 unspecified atom stereocenters. The minimum absolute atomic E-state index is 0.0905. The lowest BCUT2D eigenvalue weighted by atomic mass is 10.1. The molecule has 0 aliphatic heterocycles. The van der Waals surface area contributed by atoms with E-state index in [1.165, 1.54) is 18.4 Å². The third kappa shape index (κ3) is 5.41. The lowest BCUT2D eigenvalue weighted by molar-refractivity contribution is -0.141. The molecular weight excluding hydrogens is 314 g/mol. The highest BCUT2D eigenvalue weighted by atomic mass is 32.1. The Bertz CT molecular complexity index is 654. The van der Waals surface area contributed by atoms with Crippen LogP contribution in [-0.4, -0.2) is 25.6 Å². The van der Waals surface area contributed by atoms with E-state index >= 15 is 0 Å². The van der Waals surface area contributed by atoms with Crippen LogP contribution in [0, 0.1) is 6.92 Å². The first-order valence-electron chi connectivity index (χ1n) is 7.17. The number of rotatable bonds is 7. The number of thiophene rings is 1. The van der Waals surface area contributed by atoms with Crippen molar-refractivity contribution >= 4 is 23.2 Å². The summed E-state index contributed by atoms with van der Waals surface area (Å²) < 4.78 is 10.2. The summed E-state index contributed by atoms with van der Waals surface area (Å²) in [4.78, 5) is 24.5. The van der Waals surface area contributed by atoms with E-state index in [4.69, 9.17) is 4.74 Å². The molecule has 6 heteroatoms. The standard InChI is InChI=1S/C17H19NO4S/c1-12-5-3-6-13(9-12)22-11-16(19)18-14(10-17(20)21-2)15-7-4-8-23-15/h3-9,14H,10-11H2,1-2H3,(H,18,19)/t14-/m0/s1. The van der Waals surface area contributed by atoms with Crippen molar-refractivity contribution in [3.63, 3.8) is 0 Å². The molecule has 0 saturated carbocycles. The number of hydrogen-bond donors (Lipinski definition) is 1. The number of carbonyl (C=O) groups excluding carboxylic acids is 2. The van der Waals surface area contributed by atoms with E-state index in [9.17, 15) is 9.59 Å². The van der Waals surface area contributed by atoms with Crippen LogP contribution < -0.4 is 10.1 Å². The summed E-state index contributed by atoms with van der Waals surface area (Å²) >= 11 is 1.48.